The van der Waals surface area contributed by atoms with Gasteiger partial charge in [0, 0.05) is 25.0 Å². The number of nitrogens with one attached hydrogen (secondary N) is 1. The molecule has 1 aromatic rings. The zero-order chi connectivity index (χ0) is 15.6. The van der Waals surface area contributed by atoms with Crippen molar-refractivity contribution in [2.24, 2.45) is 0 Å². The molecule has 0 aliphatic heterocycles. The lowest BCUT2D eigenvalue weighted by Gasteiger charge is -2.22. The highest BCUT2D eigenvalue weighted by Crippen LogP contribution is 2.28. The first-order chi connectivity index (χ1) is 9.82. The third-order valence-electron chi connectivity index (χ3n) is 3.80. The molecule has 1 amide bonds. The highest BCUT2D eigenvalue weighted by molar-refractivity contribution is 7.89. The molecule has 21 heavy (non-hydrogen) atoms. The van der Waals surface area contributed by atoms with Crippen LogP contribution in [0.3, 0.4) is 0 Å². The number of carbonyl (C=O) groups excluding carboxylic acids is 1. The SMILES string of the molecule is Cc1sc(C(=O)NC2CCCCC2)cc1S(=O)(=O)N(C)C. The van der Waals surface area contributed by atoms with Crippen LogP contribution >= 0.6 is 11.3 Å². The number of sulfonamides is 1. The summed E-state index contributed by atoms with van der Waals surface area (Å²) in [4.78, 5) is 13.6. The van der Waals surface area contributed by atoms with Crippen LogP contribution in [0.15, 0.2) is 11.0 Å². The zero-order valence-electron chi connectivity index (χ0n) is 12.7. The van der Waals surface area contributed by atoms with Crippen molar-refractivity contribution in [2.75, 3.05) is 14.1 Å². The number of rotatable bonds is 4. The van der Waals surface area contributed by atoms with Crippen molar-refractivity contribution < 1.29 is 13.2 Å². The molecule has 0 bridgehead atoms. The molecule has 1 N–H and O–H groups in total. The molecule has 1 aliphatic carbocycles. The van der Waals surface area contributed by atoms with E-state index in [1.165, 1.54) is 42.2 Å². The third-order valence-corrected chi connectivity index (χ3v) is 6.91. The molecule has 118 valence electrons. The Labute approximate surface area is 130 Å². The summed E-state index contributed by atoms with van der Waals surface area (Å²) >= 11 is 1.24. The average molecular weight is 330 g/mol. The van der Waals surface area contributed by atoms with Crippen LogP contribution in [0.4, 0.5) is 0 Å². The van der Waals surface area contributed by atoms with E-state index in [1.807, 2.05) is 0 Å². The van der Waals surface area contributed by atoms with Gasteiger partial charge in [-0.3, -0.25) is 4.79 Å². The molecular formula is C14H22N2O3S2. The highest BCUT2D eigenvalue weighted by Gasteiger charge is 2.25. The van der Waals surface area contributed by atoms with Gasteiger partial charge in [-0.05, 0) is 25.8 Å². The quantitative estimate of drug-likeness (QED) is 0.921. The van der Waals surface area contributed by atoms with Gasteiger partial charge in [-0.15, -0.1) is 11.3 Å². The predicted octanol–water partition coefficient (Wildman–Crippen LogP) is 2.37. The maximum absolute atomic E-state index is 12.3. The second kappa shape index (κ2) is 6.46. The Morgan fingerprint density at radius 3 is 2.48 bits per heavy atom. The summed E-state index contributed by atoms with van der Waals surface area (Å²) in [5.41, 5.74) is 0. The summed E-state index contributed by atoms with van der Waals surface area (Å²) in [5.74, 6) is -0.157. The number of carbonyl (C=O) groups is 1. The fourth-order valence-corrected chi connectivity index (χ4v) is 4.89. The minimum absolute atomic E-state index is 0.157. The lowest BCUT2D eigenvalue weighted by molar-refractivity contribution is 0.0931. The molecule has 1 aromatic heterocycles. The number of amides is 1. The summed E-state index contributed by atoms with van der Waals surface area (Å²) in [5, 5.41) is 3.02. The molecule has 0 spiro atoms. The van der Waals surface area contributed by atoms with Crippen LogP contribution in [0, 0.1) is 6.92 Å². The standard InChI is InChI=1S/C14H22N2O3S2/c1-10-13(21(18,19)16(2)3)9-12(20-10)14(17)15-11-7-5-4-6-8-11/h9,11H,4-8H2,1-3H3,(H,15,17). The summed E-state index contributed by atoms with van der Waals surface area (Å²) < 4.78 is 25.5. The van der Waals surface area contributed by atoms with Gasteiger partial charge in [-0.2, -0.15) is 0 Å². The molecule has 1 aliphatic rings. The molecule has 0 radical (unpaired) electrons. The molecule has 2 rings (SSSR count). The van der Waals surface area contributed by atoms with Gasteiger partial charge in [-0.25, -0.2) is 12.7 Å². The fraction of sp³-hybridized carbons (Fsp3) is 0.643. The Kier molecular flexibility index (Phi) is 5.06. The second-order valence-corrected chi connectivity index (χ2v) is 9.00. The van der Waals surface area contributed by atoms with Crippen LogP contribution < -0.4 is 5.32 Å². The van der Waals surface area contributed by atoms with Gasteiger partial charge < -0.3 is 5.32 Å². The van der Waals surface area contributed by atoms with E-state index < -0.39 is 10.0 Å². The normalized spacial score (nSPS) is 17.1. The average Bonchev–Trinajstić information content (AvgIpc) is 2.82. The van der Waals surface area contributed by atoms with Crippen molar-refractivity contribution in [1.29, 1.82) is 0 Å². The molecule has 0 saturated heterocycles. The molecule has 7 heteroatoms. The van der Waals surface area contributed by atoms with E-state index in [2.05, 4.69) is 5.32 Å². The largest absolute Gasteiger partial charge is 0.349 e. The second-order valence-electron chi connectivity index (χ2n) is 5.63. The van der Waals surface area contributed by atoms with Gasteiger partial charge in [0.15, 0.2) is 0 Å². The Hall–Kier alpha value is -0.920. The van der Waals surface area contributed by atoms with E-state index in [-0.39, 0.29) is 16.8 Å². The Morgan fingerprint density at radius 2 is 1.90 bits per heavy atom. The number of hydrogen-bond donors (Lipinski definition) is 1. The van der Waals surface area contributed by atoms with Crippen LogP contribution in [-0.2, 0) is 10.0 Å². The van der Waals surface area contributed by atoms with Gasteiger partial charge >= 0.3 is 0 Å². The van der Waals surface area contributed by atoms with Gasteiger partial charge in [0.25, 0.3) is 5.91 Å². The highest BCUT2D eigenvalue weighted by atomic mass is 32.2. The van der Waals surface area contributed by atoms with Crippen molar-refractivity contribution in [3.63, 3.8) is 0 Å². The number of nitrogens with zero attached hydrogens (tertiary/aromatic N) is 1. The molecule has 0 unspecified atom stereocenters. The molecule has 0 aromatic carbocycles. The zero-order valence-corrected chi connectivity index (χ0v) is 14.3. The number of hydrogen-bond acceptors (Lipinski definition) is 4. The fourth-order valence-electron chi connectivity index (χ4n) is 2.53. The topological polar surface area (TPSA) is 66.5 Å². The smallest absolute Gasteiger partial charge is 0.261 e. The number of aryl methyl sites for hydroxylation is 1. The van der Waals surface area contributed by atoms with Crippen LogP contribution in [0.2, 0.25) is 0 Å². The first-order valence-corrected chi connectivity index (χ1v) is 9.42. The first-order valence-electron chi connectivity index (χ1n) is 7.16. The maximum Gasteiger partial charge on any atom is 0.261 e. The van der Waals surface area contributed by atoms with Crippen LogP contribution in [0.1, 0.15) is 46.7 Å². The lowest BCUT2D eigenvalue weighted by atomic mass is 9.95. The van der Waals surface area contributed by atoms with Gasteiger partial charge in [0.05, 0.1) is 9.77 Å². The molecule has 1 saturated carbocycles. The van der Waals surface area contributed by atoms with E-state index in [9.17, 15) is 13.2 Å². The summed E-state index contributed by atoms with van der Waals surface area (Å²) in [6.07, 6.45) is 5.55. The van der Waals surface area contributed by atoms with E-state index >= 15 is 0 Å². The van der Waals surface area contributed by atoms with Gasteiger partial charge in [0.1, 0.15) is 0 Å². The molecular weight excluding hydrogens is 308 g/mol. The maximum atomic E-state index is 12.3. The van der Waals surface area contributed by atoms with Crippen molar-refractivity contribution in [1.82, 2.24) is 9.62 Å². The number of thiophene rings is 1. The van der Waals surface area contributed by atoms with Crippen LogP contribution in [0.5, 0.6) is 0 Å². The molecule has 0 atom stereocenters. The first kappa shape index (κ1) is 16.5. The summed E-state index contributed by atoms with van der Waals surface area (Å²) in [6, 6.07) is 1.72. The minimum Gasteiger partial charge on any atom is -0.349 e. The van der Waals surface area contributed by atoms with Crippen molar-refractivity contribution in [3.8, 4) is 0 Å². The Bertz CT molecular complexity index is 614. The minimum atomic E-state index is -3.49. The monoisotopic (exact) mass is 330 g/mol. The Balaban J connectivity index is 2.16. The van der Waals surface area contributed by atoms with Crippen molar-refractivity contribution in [3.05, 3.63) is 15.8 Å². The van der Waals surface area contributed by atoms with Crippen molar-refractivity contribution >= 4 is 27.3 Å². The van der Waals surface area contributed by atoms with E-state index in [0.29, 0.717) is 9.75 Å². The van der Waals surface area contributed by atoms with Crippen LogP contribution in [0.25, 0.3) is 0 Å². The van der Waals surface area contributed by atoms with Crippen molar-refractivity contribution in [2.45, 2.75) is 50.0 Å². The van der Waals surface area contributed by atoms with E-state index in [4.69, 9.17) is 0 Å². The van der Waals surface area contributed by atoms with Gasteiger partial charge in [0.2, 0.25) is 10.0 Å². The van der Waals surface area contributed by atoms with E-state index in [1.54, 1.807) is 6.92 Å². The molecule has 1 heterocycles. The van der Waals surface area contributed by atoms with Crippen LogP contribution in [-0.4, -0.2) is 38.8 Å². The molecule has 5 nitrogen and oxygen atoms in total. The lowest BCUT2D eigenvalue weighted by Crippen LogP contribution is -2.35. The van der Waals surface area contributed by atoms with E-state index in [0.717, 1.165) is 25.7 Å². The Morgan fingerprint density at radius 1 is 1.29 bits per heavy atom. The third kappa shape index (κ3) is 3.64. The summed E-state index contributed by atoms with van der Waals surface area (Å²) in [7, 11) is -0.501. The summed E-state index contributed by atoms with van der Waals surface area (Å²) in [6.45, 7) is 1.73. The molecule has 1 fully saturated rings. The van der Waals surface area contributed by atoms with Gasteiger partial charge in [-0.1, -0.05) is 19.3 Å². The predicted molar refractivity (Wildman–Crippen MR) is 84.3 cm³/mol.